The zero-order chi connectivity index (χ0) is 10.4. The molecule has 1 N–H and O–H groups in total. The second-order valence-electron chi connectivity index (χ2n) is 2.84. The van der Waals surface area contributed by atoms with Gasteiger partial charge >= 0.3 is 6.09 Å². The number of nitrogens with one attached hydrogen (secondary N) is 1. The molecule has 4 heteroatoms. The molecule has 14 heavy (non-hydrogen) atoms. The molecule has 76 valence electrons. The van der Waals surface area contributed by atoms with Gasteiger partial charge in [0.05, 0.1) is 18.8 Å². The fourth-order valence-electron chi connectivity index (χ4n) is 1.04. The Morgan fingerprint density at radius 1 is 1.57 bits per heavy atom. The number of hydrogen-bond donors (Lipinski definition) is 1. The van der Waals surface area contributed by atoms with Crippen molar-refractivity contribution in [3.63, 3.8) is 0 Å². The van der Waals surface area contributed by atoms with Crippen molar-refractivity contribution in [2.45, 2.75) is 20.4 Å². The maximum atomic E-state index is 10.9. The SMILES string of the molecule is CCOC(=O)NCc1cccc(C)n1. The first-order chi connectivity index (χ1) is 6.72. The summed E-state index contributed by atoms with van der Waals surface area (Å²) < 4.78 is 4.72. The van der Waals surface area contributed by atoms with Crippen molar-refractivity contribution in [2.24, 2.45) is 0 Å². The van der Waals surface area contributed by atoms with Gasteiger partial charge in [0.25, 0.3) is 0 Å². The van der Waals surface area contributed by atoms with Gasteiger partial charge < -0.3 is 10.1 Å². The number of ether oxygens (including phenoxy) is 1. The number of aryl methyl sites for hydroxylation is 1. The average Bonchev–Trinajstić information content (AvgIpc) is 2.15. The van der Waals surface area contributed by atoms with E-state index in [0.717, 1.165) is 11.4 Å². The van der Waals surface area contributed by atoms with Gasteiger partial charge in [0.1, 0.15) is 0 Å². The lowest BCUT2D eigenvalue weighted by molar-refractivity contribution is 0.151. The van der Waals surface area contributed by atoms with Crippen LogP contribution >= 0.6 is 0 Å². The summed E-state index contributed by atoms with van der Waals surface area (Å²) in [6.45, 7) is 4.46. The lowest BCUT2D eigenvalue weighted by Gasteiger charge is -2.04. The number of aromatic nitrogens is 1. The Kier molecular flexibility index (Phi) is 3.91. The van der Waals surface area contributed by atoms with Crippen molar-refractivity contribution >= 4 is 6.09 Å². The molecule has 0 aromatic carbocycles. The van der Waals surface area contributed by atoms with Crippen LogP contribution in [0.15, 0.2) is 18.2 Å². The molecule has 0 aliphatic heterocycles. The van der Waals surface area contributed by atoms with Gasteiger partial charge in [0.2, 0.25) is 0 Å². The molecule has 1 aromatic rings. The fraction of sp³-hybridized carbons (Fsp3) is 0.400. The molecular formula is C10H14N2O2. The van der Waals surface area contributed by atoms with Crippen molar-refractivity contribution < 1.29 is 9.53 Å². The topological polar surface area (TPSA) is 51.2 Å². The molecule has 1 amide bonds. The molecule has 0 radical (unpaired) electrons. The van der Waals surface area contributed by atoms with Crippen LogP contribution in [0.3, 0.4) is 0 Å². The highest BCUT2D eigenvalue weighted by molar-refractivity contribution is 5.66. The van der Waals surface area contributed by atoms with E-state index in [2.05, 4.69) is 10.3 Å². The molecule has 1 rings (SSSR count). The van der Waals surface area contributed by atoms with E-state index in [-0.39, 0.29) is 0 Å². The molecular weight excluding hydrogens is 180 g/mol. The van der Waals surface area contributed by atoms with Crippen molar-refractivity contribution in [1.29, 1.82) is 0 Å². The fourth-order valence-corrected chi connectivity index (χ4v) is 1.04. The zero-order valence-electron chi connectivity index (χ0n) is 8.41. The summed E-state index contributed by atoms with van der Waals surface area (Å²) in [7, 11) is 0. The number of amides is 1. The van der Waals surface area contributed by atoms with Gasteiger partial charge in [-0.1, -0.05) is 6.07 Å². The standard InChI is InChI=1S/C10H14N2O2/c1-3-14-10(13)11-7-9-6-4-5-8(2)12-9/h4-6H,3,7H2,1-2H3,(H,11,13). The van der Waals surface area contributed by atoms with Crippen LogP contribution in [0.25, 0.3) is 0 Å². The van der Waals surface area contributed by atoms with Gasteiger partial charge in [0, 0.05) is 5.69 Å². The predicted octanol–water partition coefficient (Wildman–Crippen LogP) is 1.64. The second kappa shape index (κ2) is 5.21. The first-order valence-corrected chi connectivity index (χ1v) is 4.55. The van der Waals surface area contributed by atoms with E-state index in [0.29, 0.717) is 13.2 Å². The second-order valence-corrected chi connectivity index (χ2v) is 2.84. The van der Waals surface area contributed by atoms with Gasteiger partial charge in [-0.2, -0.15) is 0 Å². The van der Waals surface area contributed by atoms with Crippen LogP contribution in [-0.2, 0) is 11.3 Å². The van der Waals surface area contributed by atoms with E-state index in [1.165, 1.54) is 0 Å². The summed E-state index contributed by atoms with van der Waals surface area (Å²) in [4.78, 5) is 15.2. The molecule has 0 saturated carbocycles. The molecule has 4 nitrogen and oxygen atoms in total. The molecule has 1 heterocycles. The molecule has 0 saturated heterocycles. The third-order valence-electron chi connectivity index (χ3n) is 1.64. The number of alkyl carbamates (subject to hydrolysis) is 1. The lowest BCUT2D eigenvalue weighted by Crippen LogP contribution is -2.24. The number of carbonyl (C=O) groups excluding carboxylic acids is 1. The Morgan fingerprint density at radius 3 is 3.00 bits per heavy atom. The quantitative estimate of drug-likeness (QED) is 0.795. The normalized spacial score (nSPS) is 9.57. The van der Waals surface area contributed by atoms with Crippen molar-refractivity contribution in [1.82, 2.24) is 10.3 Å². The van der Waals surface area contributed by atoms with Crippen LogP contribution < -0.4 is 5.32 Å². The summed E-state index contributed by atoms with van der Waals surface area (Å²) in [5.41, 5.74) is 1.77. The van der Waals surface area contributed by atoms with E-state index in [1.807, 2.05) is 25.1 Å². The van der Waals surface area contributed by atoms with Crippen LogP contribution in [0, 0.1) is 6.92 Å². The largest absolute Gasteiger partial charge is 0.450 e. The first kappa shape index (κ1) is 10.5. The Hall–Kier alpha value is -1.58. The summed E-state index contributed by atoms with van der Waals surface area (Å²) >= 11 is 0. The number of hydrogen-bond acceptors (Lipinski definition) is 3. The molecule has 0 unspecified atom stereocenters. The van der Waals surface area contributed by atoms with Gasteiger partial charge in [0.15, 0.2) is 0 Å². The van der Waals surface area contributed by atoms with Gasteiger partial charge in [-0.3, -0.25) is 4.98 Å². The zero-order valence-corrected chi connectivity index (χ0v) is 8.41. The Labute approximate surface area is 83.3 Å². The van der Waals surface area contributed by atoms with E-state index >= 15 is 0 Å². The van der Waals surface area contributed by atoms with Crippen LogP contribution in [0.1, 0.15) is 18.3 Å². The molecule has 0 bridgehead atoms. The lowest BCUT2D eigenvalue weighted by atomic mass is 10.3. The Bertz CT molecular complexity index is 313. The van der Waals surface area contributed by atoms with Crippen molar-refractivity contribution in [3.8, 4) is 0 Å². The van der Waals surface area contributed by atoms with Gasteiger partial charge in [-0.25, -0.2) is 4.79 Å². The maximum absolute atomic E-state index is 10.9. The average molecular weight is 194 g/mol. The van der Waals surface area contributed by atoms with E-state index < -0.39 is 6.09 Å². The highest BCUT2D eigenvalue weighted by atomic mass is 16.5. The molecule has 0 atom stereocenters. The molecule has 0 fully saturated rings. The van der Waals surface area contributed by atoms with E-state index in [9.17, 15) is 4.79 Å². The summed E-state index contributed by atoms with van der Waals surface area (Å²) in [5, 5.41) is 2.60. The molecule has 0 aliphatic carbocycles. The molecule has 0 spiro atoms. The number of pyridine rings is 1. The summed E-state index contributed by atoms with van der Waals surface area (Å²) in [6.07, 6.45) is -0.407. The highest BCUT2D eigenvalue weighted by Gasteiger charge is 2.00. The monoisotopic (exact) mass is 194 g/mol. The molecule has 0 aliphatic rings. The van der Waals surface area contributed by atoms with Crippen LogP contribution in [0.2, 0.25) is 0 Å². The smallest absolute Gasteiger partial charge is 0.407 e. The molecule has 1 aromatic heterocycles. The minimum Gasteiger partial charge on any atom is -0.450 e. The van der Waals surface area contributed by atoms with Crippen molar-refractivity contribution in [3.05, 3.63) is 29.6 Å². The number of rotatable bonds is 3. The van der Waals surface area contributed by atoms with Crippen molar-refractivity contribution in [2.75, 3.05) is 6.61 Å². The maximum Gasteiger partial charge on any atom is 0.407 e. The third-order valence-corrected chi connectivity index (χ3v) is 1.64. The number of nitrogens with zero attached hydrogens (tertiary/aromatic N) is 1. The van der Waals surface area contributed by atoms with Crippen LogP contribution in [-0.4, -0.2) is 17.7 Å². The third kappa shape index (κ3) is 3.43. The van der Waals surface area contributed by atoms with E-state index in [1.54, 1.807) is 6.92 Å². The summed E-state index contributed by atoms with van der Waals surface area (Å²) in [6, 6.07) is 5.68. The van der Waals surface area contributed by atoms with Gasteiger partial charge in [-0.15, -0.1) is 0 Å². The minimum absolute atomic E-state index is 0.382. The van der Waals surface area contributed by atoms with Gasteiger partial charge in [-0.05, 0) is 26.0 Å². The minimum atomic E-state index is -0.407. The highest BCUT2D eigenvalue weighted by Crippen LogP contribution is 1.97. The number of carbonyl (C=O) groups is 1. The first-order valence-electron chi connectivity index (χ1n) is 4.55. The summed E-state index contributed by atoms with van der Waals surface area (Å²) in [5.74, 6) is 0. The predicted molar refractivity (Wildman–Crippen MR) is 52.8 cm³/mol. The Balaban J connectivity index is 2.41. The van der Waals surface area contributed by atoms with E-state index in [4.69, 9.17) is 4.74 Å². The van der Waals surface area contributed by atoms with Crippen LogP contribution in [0.5, 0.6) is 0 Å². The Morgan fingerprint density at radius 2 is 2.36 bits per heavy atom. The van der Waals surface area contributed by atoms with Crippen LogP contribution in [0.4, 0.5) is 4.79 Å².